The van der Waals surface area contributed by atoms with E-state index in [1.54, 1.807) is 11.3 Å². The minimum atomic E-state index is -0.485. The molecule has 0 saturated heterocycles. The molecule has 0 N–H and O–H groups in total. The van der Waals surface area contributed by atoms with Crippen molar-refractivity contribution in [2.75, 3.05) is 13.1 Å². The largest absolute Gasteiger partial charge is 0.330 e. The highest BCUT2D eigenvalue weighted by Crippen LogP contribution is 2.39. The van der Waals surface area contributed by atoms with E-state index in [2.05, 4.69) is 11.4 Å². The fourth-order valence-corrected chi connectivity index (χ4v) is 5.04. The fourth-order valence-electron chi connectivity index (χ4n) is 4.01. The van der Waals surface area contributed by atoms with Crippen molar-refractivity contribution in [3.63, 3.8) is 0 Å². The molecule has 0 radical (unpaired) electrons. The summed E-state index contributed by atoms with van der Waals surface area (Å²) in [5, 5.41) is 2.78. The molecule has 2 heterocycles. The highest BCUT2D eigenvalue weighted by molar-refractivity contribution is 7.10. The highest BCUT2D eigenvalue weighted by atomic mass is 35.5. The van der Waals surface area contributed by atoms with Crippen LogP contribution in [0.3, 0.4) is 0 Å². The molecule has 1 aliphatic heterocycles. The lowest BCUT2D eigenvalue weighted by molar-refractivity contribution is -0.147. The quantitative estimate of drug-likeness (QED) is 0.691. The van der Waals surface area contributed by atoms with Crippen molar-refractivity contribution in [2.24, 2.45) is 5.41 Å². The Morgan fingerprint density at radius 1 is 1.17 bits per heavy atom. The van der Waals surface area contributed by atoms with Crippen molar-refractivity contribution in [1.29, 1.82) is 0 Å². The number of fused-ring (bicyclic) bond motifs is 1. The van der Waals surface area contributed by atoms with Crippen molar-refractivity contribution in [1.82, 2.24) is 9.80 Å². The van der Waals surface area contributed by atoms with Crippen LogP contribution in [0.5, 0.6) is 0 Å². The van der Waals surface area contributed by atoms with E-state index >= 15 is 0 Å². The van der Waals surface area contributed by atoms with E-state index in [4.69, 9.17) is 11.6 Å². The van der Waals surface area contributed by atoms with Crippen LogP contribution in [0.25, 0.3) is 0 Å². The van der Waals surface area contributed by atoms with Crippen molar-refractivity contribution in [3.8, 4) is 0 Å². The summed E-state index contributed by atoms with van der Waals surface area (Å²) < 4.78 is 0. The zero-order valence-corrected chi connectivity index (χ0v) is 18.7. The topological polar surface area (TPSA) is 40.6 Å². The smallest absolute Gasteiger partial charge is 0.243 e. The SMILES string of the molecule is CC(C)(C)C(=O)N(CC(=O)N1CCc2sccc2C1c1ccc(Cl)cc1)C1CC1. The molecule has 1 aliphatic carbocycles. The normalized spacial score (nSPS) is 19.0. The molecule has 1 aromatic heterocycles. The van der Waals surface area contributed by atoms with Gasteiger partial charge in [-0.3, -0.25) is 9.59 Å². The molecule has 6 heteroatoms. The van der Waals surface area contributed by atoms with Crippen molar-refractivity contribution < 1.29 is 9.59 Å². The van der Waals surface area contributed by atoms with E-state index in [9.17, 15) is 9.59 Å². The second-order valence-electron chi connectivity index (χ2n) is 9.00. The summed E-state index contributed by atoms with van der Waals surface area (Å²) >= 11 is 7.84. The maximum Gasteiger partial charge on any atom is 0.243 e. The van der Waals surface area contributed by atoms with Crippen molar-refractivity contribution >= 4 is 34.8 Å². The molecule has 2 aromatic rings. The Morgan fingerprint density at radius 2 is 1.86 bits per heavy atom. The summed E-state index contributed by atoms with van der Waals surface area (Å²) in [4.78, 5) is 31.5. The minimum Gasteiger partial charge on any atom is -0.330 e. The number of halogens is 1. The number of amides is 2. The Bertz CT molecular complexity index is 912. The lowest BCUT2D eigenvalue weighted by Crippen LogP contribution is -2.49. The molecule has 1 atom stereocenters. The molecule has 1 aromatic carbocycles. The van der Waals surface area contributed by atoms with Gasteiger partial charge in [0.25, 0.3) is 0 Å². The molecule has 154 valence electrons. The first kappa shape index (κ1) is 20.4. The number of thiophene rings is 1. The number of hydrogen-bond donors (Lipinski definition) is 0. The predicted molar refractivity (Wildman–Crippen MR) is 117 cm³/mol. The van der Waals surface area contributed by atoms with Gasteiger partial charge in [0.2, 0.25) is 11.8 Å². The summed E-state index contributed by atoms with van der Waals surface area (Å²) in [5.74, 6) is 0.0796. The Labute approximate surface area is 181 Å². The number of carbonyl (C=O) groups excluding carboxylic acids is 2. The molecule has 0 spiro atoms. The zero-order chi connectivity index (χ0) is 20.8. The second kappa shape index (κ2) is 7.77. The molecule has 2 aliphatic rings. The summed E-state index contributed by atoms with van der Waals surface area (Å²) in [5.41, 5.74) is 1.76. The first-order valence-corrected chi connectivity index (χ1v) is 11.4. The Morgan fingerprint density at radius 3 is 2.48 bits per heavy atom. The molecular weight excluding hydrogens is 404 g/mol. The van der Waals surface area contributed by atoms with Gasteiger partial charge in [-0.25, -0.2) is 0 Å². The van der Waals surface area contributed by atoms with Gasteiger partial charge in [-0.2, -0.15) is 0 Å². The standard InChI is InChI=1S/C23H27ClN2O2S/c1-23(2,3)22(28)26(17-8-9-17)14-20(27)25-12-10-19-18(11-13-29-19)21(25)15-4-6-16(24)7-5-15/h4-7,11,13,17,21H,8-10,12,14H2,1-3H3. The van der Waals surface area contributed by atoms with E-state index in [0.29, 0.717) is 11.6 Å². The maximum absolute atomic E-state index is 13.5. The van der Waals surface area contributed by atoms with Crippen LogP contribution in [0.2, 0.25) is 5.02 Å². The zero-order valence-electron chi connectivity index (χ0n) is 17.2. The monoisotopic (exact) mass is 430 g/mol. The number of nitrogens with zero attached hydrogens (tertiary/aromatic N) is 2. The van der Waals surface area contributed by atoms with Crippen LogP contribution in [0, 0.1) is 5.41 Å². The lowest BCUT2D eigenvalue weighted by atomic mass is 9.92. The van der Waals surface area contributed by atoms with Gasteiger partial charge in [-0.15, -0.1) is 11.3 Å². The van der Waals surface area contributed by atoms with Gasteiger partial charge in [0.1, 0.15) is 6.54 Å². The van der Waals surface area contributed by atoms with Gasteiger partial charge in [0.05, 0.1) is 6.04 Å². The molecular formula is C23H27ClN2O2S. The first-order chi connectivity index (χ1) is 13.8. The Hall–Kier alpha value is -1.85. The van der Waals surface area contributed by atoms with Gasteiger partial charge in [0.15, 0.2) is 0 Å². The second-order valence-corrected chi connectivity index (χ2v) is 10.4. The van der Waals surface area contributed by atoms with Crippen LogP contribution in [-0.2, 0) is 16.0 Å². The molecule has 4 nitrogen and oxygen atoms in total. The van der Waals surface area contributed by atoms with Crippen LogP contribution in [0.4, 0.5) is 0 Å². The van der Waals surface area contributed by atoms with Gasteiger partial charge in [0, 0.05) is 27.9 Å². The summed E-state index contributed by atoms with van der Waals surface area (Å²) in [7, 11) is 0. The summed E-state index contributed by atoms with van der Waals surface area (Å²) in [6.45, 7) is 6.59. The molecule has 0 bridgehead atoms. The number of rotatable bonds is 4. The first-order valence-electron chi connectivity index (χ1n) is 10.2. The van der Waals surface area contributed by atoms with Gasteiger partial charge in [-0.1, -0.05) is 44.5 Å². The lowest BCUT2D eigenvalue weighted by Gasteiger charge is -2.38. The number of hydrogen-bond acceptors (Lipinski definition) is 3. The van der Waals surface area contributed by atoms with Gasteiger partial charge in [-0.05, 0) is 54.0 Å². The number of benzene rings is 1. The van der Waals surface area contributed by atoms with Crippen molar-refractivity contribution in [2.45, 2.75) is 52.1 Å². The molecule has 1 unspecified atom stereocenters. The van der Waals surface area contributed by atoms with E-state index < -0.39 is 5.41 Å². The van der Waals surface area contributed by atoms with Gasteiger partial charge >= 0.3 is 0 Å². The van der Waals surface area contributed by atoms with Crippen LogP contribution in [-0.4, -0.2) is 40.7 Å². The Kier molecular flexibility index (Phi) is 5.47. The molecule has 29 heavy (non-hydrogen) atoms. The van der Waals surface area contributed by atoms with Crippen LogP contribution in [0.1, 0.15) is 55.7 Å². The average Bonchev–Trinajstić information content (AvgIpc) is 3.40. The third kappa shape index (κ3) is 4.22. The van der Waals surface area contributed by atoms with E-state index in [0.717, 1.165) is 24.8 Å². The predicted octanol–water partition coefficient (Wildman–Crippen LogP) is 4.91. The third-order valence-corrected chi connectivity index (χ3v) is 6.92. The van der Waals surface area contributed by atoms with Crippen molar-refractivity contribution in [3.05, 3.63) is 56.7 Å². The molecule has 1 saturated carbocycles. The van der Waals surface area contributed by atoms with Crippen LogP contribution in [0.15, 0.2) is 35.7 Å². The highest BCUT2D eigenvalue weighted by Gasteiger charge is 2.40. The fraction of sp³-hybridized carbons (Fsp3) is 0.478. The van der Waals surface area contributed by atoms with E-state index in [-0.39, 0.29) is 30.4 Å². The van der Waals surface area contributed by atoms with E-state index in [1.807, 2.05) is 54.8 Å². The molecule has 4 rings (SSSR count). The van der Waals surface area contributed by atoms with Crippen LogP contribution >= 0.6 is 22.9 Å². The number of carbonyl (C=O) groups is 2. The van der Waals surface area contributed by atoms with Gasteiger partial charge < -0.3 is 9.80 Å². The Balaban J connectivity index is 1.62. The third-order valence-electron chi connectivity index (χ3n) is 5.67. The average molecular weight is 431 g/mol. The minimum absolute atomic E-state index is 0.0197. The molecule has 1 fully saturated rings. The van der Waals surface area contributed by atoms with E-state index in [1.165, 1.54) is 10.4 Å². The molecule has 2 amide bonds. The summed E-state index contributed by atoms with van der Waals surface area (Å²) in [6, 6.07) is 9.96. The van der Waals surface area contributed by atoms with Crippen LogP contribution < -0.4 is 0 Å². The maximum atomic E-state index is 13.5. The summed E-state index contributed by atoms with van der Waals surface area (Å²) in [6.07, 6.45) is 2.84.